The van der Waals surface area contributed by atoms with Crippen molar-refractivity contribution in [2.24, 2.45) is 0 Å². The number of rotatable bonds is 4. The highest BCUT2D eigenvalue weighted by Gasteiger charge is 2.15. The van der Waals surface area contributed by atoms with Crippen molar-refractivity contribution in [3.05, 3.63) is 70.0 Å². The molecule has 1 N–H and O–H groups in total. The number of hydrogen-bond acceptors (Lipinski definition) is 1. The average molecular weight is 271 g/mol. The number of nitrogens with one attached hydrogen (secondary N) is 1. The van der Waals surface area contributed by atoms with E-state index in [0.29, 0.717) is 0 Å². The van der Waals surface area contributed by atoms with E-state index in [2.05, 4.69) is 37.4 Å². The van der Waals surface area contributed by atoms with Crippen LogP contribution in [0, 0.1) is 26.6 Å². The van der Waals surface area contributed by atoms with Crippen LogP contribution in [0.25, 0.3) is 0 Å². The number of likely N-dealkylation sites (N-methyl/N-ethyl adjacent to an activating group) is 1. The lowest BCUT2D eigenvalue weighted by molar-refractivity contribution is 0.581. The highest BCUT2D eigenvalue weighted by molar-refractivity contribution is 5.38. The largest absolute Gasteiger partial charge is 0.313 e. The topological polar surface area (TPSA) is 12.0 Å². The van der Waals surface area contributed by atoms with Crippen LogP contribution in [0.3, 0.4) is 0 Å². The summed E-state index contributed by atoms with van der Waals surface area (Å²) in [6.45, 7) is 6.25. The molecule has 106 valence electrons. The van der Waals surface area contributed by atoms with E-state index in [9.17, 15) is 4.39 Å². The smallest absolute Gasteiger partial charge is 0.123 e. The standard InChI is InChI=1S/C18H22FN/c1-12-6-5-7-13(2)18(12)17(20-4)11-15-8-9-16(19)10-14(15)3/h5-10,17,20H,11H2,1-4H3. The van der Waals surface area contributed by atoms with Gasteiger partial charge in [-0.2, -0.15) is 0 Å². The molecule has 0 saturated carbocycles. The van der Waals surface area contributed by atoms with E-state index in [1.165, 1.54) is 22.3 Å². The Morgan fingerprint density at radius 2 is 1.65 bits per heavy atom. The molecular formula is C18H22FN. The summed E-state index contributed by atoms with van der Waals surface area (Å²) in [6.07, 6.45) is 0.869. The Morgan fingerprint density at radius 3 is 2.20 bits per heavy atom. The zero-order chi connectivity index (χ0) is 14.7. The molecule has 0 fully saturated rings. The molecule has 0 aliphatic carbocycles. The number of hydrogen-bond donors (Lipinski definition) is 1. The van der Waals surface area contributed by atoms with Gasteiger partial charge in [-0.05, 0) is 74.2 Å². The van der Waals surface area contributed by atoms with Gasteiger partial charge in [-0.1, -0.05) is 24.3 Å². The van der Waals surface area contributed by atoms with Gasteiger partial charge in [0, 0.05) is 6.04 Å². The van der Waals surface area contributed by atoms with Crippen molar-refractivity contribution in [1.82, 2.24) is 5.32 Å². The second-order valence-electron chi connectivity index (χ2n) is 5.42. The fourth-order valence-corrected chi connectivity index (χ4v) is 2.83. The summed E-state index contributed by atoms with van der Waals surface area (Å²) in [5.41, 5.74) is 6.14. The van der Waals surface area contributed by atoms with Crippen molar-refractivity contribution in [3.63, 3.8) is 0 Å². The van der Waals surface area contributed by atoms with Gasteiger partial charge in [0.1, 0.15) is 5.82 Å². The van der Waals surface area contributed by atoms with Crippen LogP contribution >= 0.6 is 0 Å². The molecular weight excluding hydrogens is 249 g/mol. The fraction of sp³-hybridized carbons (Fsp3) is 0.333. The molecule has 20 heavy (non-hydrogen) atoms. The minimum Gasteiger partial charge on any atom is -0.313 e. The first-order valence-corrected chi connectivity index (χ1v) is 7.01. The summed E-state index contributed by atoms with van der Waals surface area (Å²) in [7, 11) is 1.98. The van der Waals surface area contributed by atoms with Crippen molar-refractivity contribution in [3.8, 4) is 0 Å². The first-order valence-electron chi connectivity index (χ1n) is 7.01. The molecule has 0 bridgehead atoms. The predicted molar refractivity (Wildman–Crippen MR) is 82.6 cm³/mol. The Balaban J connectivity index is 2.34. The van der Waals surface area contributed by atoms with Crippen molar-refractivity contribution in [2.45, 2.75) is 33.2 Å². The molecule has 0 amide bonds. The zero-order valence-corrected chi connectivity index (χ0v) is 12.6. The molecule has 1 nitrogen and oxygen atoms in total. The summed E-state index contributed by atoms with van der Waals surface area (Å²) in [6, 6.07) is 11.7. The van der Waals surface area contributed by atoms with Crippen LogP contribution in [0.15, 0.2) is 36.4 Å². The second-order valence-corrected chi connectivity index (χ2v) is 5.42. The molecule has 0 radical (unpaired) electrons. The summed E-state index contributed by atoms with van der Waals surface area (Å²) in [5, 5.41) is 3.40. The van der Waals surface area contributed by atoms with E-state index < -0.39 is 0 Å². The molecule has 0 saturated heterocycles. The third kappa shape index (κ3) is 3.07. The molecule has 2 heteroatoms. The number of halogens is 1. The SMILES string of the molecule is CNC(Cc1ccc(F)cc1C)c1c(C)cccc1C. The summed E-state index contributed by atoms with van der Waals surface area (Å²) < 4.78 is 13.2. The lowest BCUT2D eigenvalue weighted by atomic mass is 9.90. The van der Waals surface area contributed by atoms with Crippen LogP contribution in [0.1, 0.15) is 33.9 Å². The molecule has 2 aromatic carbocycles. The summed E-state index contributed by atoms with van der Waals surface area (Å²) in [5.74, 6) is -0.167. The minimum atomic E-state index is -0.167. The Kier molecular flexibility index (Phi) is 4.56. The predicted octanol–water partition coefficient (Wildman–Crippen LogP) is 4.25. The van der Waals surface area contributed by atoms with Crippen molar-refractivity contribution in [2.75, 3.05) is 7.05 Å². The third-order valence-electron chi connectivity index (χ3n) is 3.97. The average Bonchev–Trinajstić information content (AvgIpc) is 2.39. The van der Waals surface area contributed by atoms with Gasteiger partial charge in [0.25, 0.3) is 0 Å². The second kappa shape index (κ2) is 6.19. The van der Waals surface area contributed by atoms with Crippen LogP contribution in [0.4, 0.5) is 4.39 Å². The van der Waals surface area contributed by atoms with Gasteiger partial charge < -0.3 is 5.32 Å². The summed E-state index contributed by atoms with van der Waals surface area (Å²) in [4.78, 5) is 0. The maximum Gasteiger partial charge on any atom is 0.123 e. The van der Waals surface area contributed by atoms with Gasteiger partial charge in [0.05, 0.1) is 0 Å². The summed E-state index contributed by atoms with van der Waals surface area (Å²) >= 11 is 0. The Bertz CT molecular complexity index is 584. The van der Waals surface area contributed by atoms with E-state index in [1.54, 1.807) is 12.1 Å². The molecule has 0 aliphatic rings. The number of aryl methyl sites for hydroxylation is 3. The highest BCUT2D eigenvalue weighted by Crippen LogP contribution is 2.26. The van der Waals surface area contributed by atoms with Gasteiger partial charge in [-0.3, -0.25) is 0 Å². The van der Waals surface area contributed by atoms with Gasteiger partial charge in [0.2, 0.25) is 0 Å². The van der Waals surface area contributed by atoms with Gasteiger partial charge in [-0.25, -0.2) is 4.39 Å². The van der Waals surface area contributed by atoms with Crippen molar-refractivity contribution in [1.29, 1.82) is 0 Å². The molecule has 1 atom stereocenters. The Labute approximate surface area is 120 Å². The third-order valence-corrected chi connectivity index (χ3v) is 3.97. The molecule has 0 spiro atoms. The van der Waals surface area contributed by atoms with Crippen molar-refractivity contribution >= 4 is 0 Å². The maximum absolute atomic E-state index is 13.2. The highest BCUT2D eigenvalue weighted by atomic mass is 19.1. The first-order chi connectivity index (χ1) is 9.52. The minimum absolute atomic E-state index is 0.167. The lowest BCUT2D eigenvalue weighted by Gasteiger charge is -2.22. The fourth-order valence-electron chi connectivity index (χ4n) is 2.83. The lowest BCUT2D eigenvalue weighted by Crippen LogP contribution is -2.21. The van der Waals surface area contributed by atoms with Crippen LogP contribution in [0.5, 0.6) is 0 Å². The molecule has 2 rings (SSSR count). The van der Waals surface area contributed by atoms with E-state index in [4.69, 9.17) is 0 Å². The van der Waals surface area contributed by atoms with E-state index in [1.807, 2.05) is 20.0 Å². The zero-order valence-electron chi connectivity index (χ0n) is 12.6. The maximum atomic E-state index is 13.2. The van der Waals surface area contributed by atoms with Crippen LogP contribution < -0.4 is 5.32 Å². The van der Waals surface area contributed by atoms with Crippen molar-refractivity contribution < 1.29 is 4.39 Å². The van der Waals surface area contributed by atoms with Crippen LogP contribution in [-0.2, 0) is 6.42 Å². The van der Waals surface area contributed by atoms with Gasteiger partial charge in [0.15, 0.2) is 0 Å². The van der Waals surface area contributed by atoms with E-state index >= 15 is 0 Å². The van der Waals surface area contributed by atoms with Gasteiger partial charge in [-0.15, -0.1) is 0 Å². The molecule has 0 aliphatic heterocycles. The van der Waals surface area contributed by atoms with Crippen LogP contribution in [-0.4, -0.2) is 7.05 Å². The van der Waals surface area contributed by atoms with E-state index in [0.717, 1.165) is 12.0 Å². The normalized spacial score (nSPS) is 12.4. The van der Waals surface area contributed by atoms with E-state index in [-0.39, 0.29) is 11.9 Å². The Hall–Kier alpha value is -1.67. The van der Waals surface area contributed by atoms with Gasteiger partial charge >= 0.3 is 0 Å². The molecule has 2 aromatic rings. The van der Waals surface area contributed by atoms with Crippen LogP contribution in [0.2, 0.25) is 0 Å². The molecule has 0 aromatic heterocycles. The first kappa shape index (κ1) is 14.7. The quantitative estimate of drug-likeness (QED) is 0.876. The molecule has 1 unspecified atom stereocenters. The number of benzene rings is 2. The molecule has 0 heterocycles. The Morgan fingerprint density at radius 1 is 1.00 bits per heavy atom. The monoisotopic (exact) mass is 271 g/mol.